The molecule has 2 rings (SSSR count). The maximum atomic E-state index is 13.0. The molecule has 2 aromatic carbocycles. The minimum atomic E-state index is -0.444. The van der Waals surface area contributed by atoms with E-state index in [-0.39, 0.29) is 11.6 Å². The number of rotatable bonds is 3. The Bertz CT molecular complexity index is 575. The van der Waals surface area contributed by atoms with Gasteiger partial charge in [-0.25, -0.2) is 4.39 Å². The number of hydrogen-bond donors (Lipinski definition) is 0. The molecule has 18 heavy (non-hydrogen) atoms. The van der Waals surface area contributed by atoms with Crippen molar-refractivity contribution in [2.24, 2.45) is 0 Å². The van der Waals surface area contributed by atoms with Crippen molar-refractivity contribution < 1.29 is 9.13 Å². The molecule has 0 fully saturated rings. The van der Waals surface area contributed by atoms with Gasteiger partial charge in [0.05, 0.1) is 10.0 Å². The standard InChI is InChI=1S/C13H8BrCl2FO/c14-9-2-3-10(15)13(6-9)18-7-8-1-4-12(17)11(16)5-8/h1-6H,7H2. The lowest BCUT2D eigenvalue weighted by Gasteiger charge is -2.09. The Morgan fingerprint density at radius 3 is 2.56 bits per heavy atom. The van der Waals surface area contributed by atoms with Gasteiger partial charge in [-0.15, -0.1) is 0 Å². The van der Waals surface area contributed by atoms with Gasteiger partial charge in [0.1, 0.15) is 18.2 Å². The van der Waals surface area contributed by atoms with Crippen LogP contribution in [0.2, 0.25) is 10.0 Å². The zero-order valence-corrected chi connectivity index (χ0v) is 12.2. The van der Waals surface area contributed by atoms with Crippen LogP contribution >= 0.6 is 39.1 Å². The first-order chi connectivity index (χ1) is 8.56. The average Bonchev–Trinajstić information content (AvgIpc) is 2.34. The summed E-state index contributed by atoms with van der Waals surface area (Å²) < 4.78 is 19.4. The summed E-state index contributed by atoms with van der Waals surface area (Å²) >= 11 is 15.0. The van der Waals surface area contributed by atoms with E-state index < -0.39 is 5.82 Å². The van der Waals surface area contributed by atoms with E-state index in [0.29, 0.717) is 10.8 Å². The van der Waals surface area contributed by atoms with Crippen LogP contribution in [0.25, 0.3) is 0 Å². The normalized spacial score (nSPS) is 10.4. The highest BCUT2D eigenvalue weighted by molar-refractivity contribution is 9.10. The van der Waals surface area contributed by atoms with Crippen LogP contribution in [0.1, 0.15) is 5.56 Å². The quantitative estimate of drug-likeness (QED) is 0.713. The van der Waals surface area contributed by atoms with Crippen LogP contribution in [0.3, 0.4) is 0 Å². The maximum Gasteiger partial charge on any atom is 0.141 e. The highest BCUT2D eigenvalue weighted by atomic mass is 79.9. The fourth-order valence-electron chi connectivity index (χ4n) is 1.38. The number of hydrogen-bond acceptors (Lipinski definition) is 1. The molecule has 0 spiro atoms. The highest BCUT2D eigenvalue weighted by Gasteiger charge is 2.05. The van der Waals surface area contributed by atoms with E-state index in [9.17, 15) is 4.39 Å². The fourth-order valence-corrected chi connectivity index (χ4v) is 2.09. The molecule has 0 aromatic heterocycles. The topological polar surface area (TPSA) is 9.23 Å². The second-order valence-corrected chi connectivity index (χ2v) is 5.34. The molecule has 0 heterocycles. The highest BCUT2D eigenvalue weighted by Crippen LogP contribution is 2.28. The average molecular weight is 350 g/mol. The van der Waals surface area contributed by atoms with E-state index >= 15 is 0 Å². The molecule has 0 unspecified atom stereocenters. The third-order valence-electron chi connectivity index (χ3n) is 2.27. The van der Waals surface area contributed by atoms with E-state index in [1.165, 1.54) is 12.1 Å². The zero-order valence-electron chi connectivity index (χ0n) is 9.09. The van der Waals surface area contributed by atoms with Gasteiger partial charge in [0.2, 0.25) is 0 Å². The van der Waals surface area contributed by atoms with Crippen molar-refractivity contribution in [1.29, 1.82) is 0 Å². The fraction of sp³-hybridized carbons (Fsp3) is 0.0769. The maximum absolute atomic E-state index is 13.0. The van der Waals surface area contributed by atoms with Crippen LogP contribution < -0.4 is 4.74 Å². The Labute approximate surface area is 123 Å². The van der Waals surface area contributed by atoms with E-state index in [1.807, 2.05) is 6.07 Å². The van der Waals surface area contributed by atoms with Crippen molar-refractivity contribution in [3.63, 3.8) is 0 Å². The first-order valence-electron chi connectivity index (χ1n) is 5.08. The molecule has 0 saturated heterocycles. The SMILES string of the molecule is Fc1ccc(COc2cc(Br)ccc2Cl)cc1Cl. The number of benzene rings is 2. The molecule has 0 saturated carbocycles. The molecule has 0 N–H and O–H groups in total. The van der Waals surface area contributed by atoms with Crippen LogP contribution in [0.15, 0.2) is 40.9 Å². The summed E-state index contributed by atoms with van der Waals surface area (Å²) in [6.45, 7) is 0.274. The number of ether oxygens (including phenoxy) is 1. The Hall–Kier alpha value is -0.770. The van der Waals surface area contributed by atoms with Crippen LogP contribution in [-0.2, 0) is 6.61 Å². The van der Waals surface area contributed by atoms with Crippen molar-refractivity contribution in [2.75, 3.05) is 0 Å². The van der Waals surface area contributed by atoms with Gasteiger partial charge in [-0.3, -0.25) is 0 Å². The number of halogens is 4. The van der Waals surface area contributed by atoms with Gasteiger partial charge in [-0.05, 0) is 35.9 Å². The predicted molar refractivity (Wildman–Crippen MR) is 74.9 cm³/mol. The summed E-state index contributed by atoms with van der Waals surface area (Å²) in [7, 11) is 0. The van der Waals surface area contributed by atoms with Gasteiger partial charge < -0.3 is 4.74 Å². The van der Waals surface area contributed by atoms with Crippen molar-refractivity contribution in [3.05, 3.63) is 62.3 Å². The summed E-state index contributed by atoms with van der Waals surface area (Å²) in [4.78, 5) is 0. The van der Waals surface area contributed by atoms with E-state index in [2.05, 4.69) is 15.9 Å². The monoisotopic (exact) mass is 348 g/mol. The Balaban J connectivity index is 2.11. The van der Waals surface area contributed by atoms with Gasteiger partial charge in [-0.1, -0.05) is 45.2 Å². The van der Waals surface area contributed by atoms with Crippen molar-refractivity contribution >= 4 is 39.1 Å². The summed E-state index contributed by atoms with van der Waals surface area (Å²) in [6, 6.07) is 9.79. The van der Waals surface area contributed by atoms with Crippen LogP contribution in [-0.4, -0.2) is 0 Å². The summed E-state index contributed by atoms with van der Waals surface area (Å²) in [5.41, 5.74) is 0.775. The van der Waals surface area contributed by atoms with E-state index in [4.69, 9.17) is 27.9 Å². The van der Waals surface area contributed by atoms with Crippen LogP contribution in [0, 0.1) is 5.82 Å². The van der Waals surface area contributed by atoms with Gasteiger partial charge in [0, 0.05) is 4.47 Å². The van der Waals surface area contributed by atoms with E-state index in [1.54, 1.807) is 18.2 Å². The molecule has 0 aliphatic heterocycles. The molecule has 1 nitrogen and oxygen atoms in total. The Morgan fingerprint density at radius 2 is 1.83 bits per heavy atom. The molecule has 0 bridgehead atoms. The van der Waals surface area contributed by atoms with Crippen molar-refractivity contribution in [1.82, 2.24) is 0 Å². The van der Waals surface area contributed by atoms with Crippen LogP contribution in [0.4, 0.5) is 4.39 Å². The van der Waals surface area contributed by atoms with Crippen molar-refractivity contribution in [2.45, 2.75) is 6.61 Å². The summed E-state index contributed by atoms with van der Waals surface area (Å²) in [5.74, 6) is 0.118. The lowest BCUT2D eigenvalue weighted by Crippen LogP contribution is -1.96. The molecule has 0 amide bonds. The smallest absolute Gasteiger partial charge is 0.141 e. The molecular weight excluding hydrogens is 342 g/mol. The molecule has 0 aliphatic rings. The minimum absolute atomic E-state index is 0.0800. The van der Waals surface area contributed by atoms with Crippen molar-refractivity contribution in [3.8, 4) is 5.75 Å². The lowest BCUT2D eigenvalue weighted by atomic mass is 10.2. The molecule has 0 radical (unpaired) electrons. The second-order valence-electron chi connectivity index (χ2n) is 3.61. The summed E-state index contributed by atoms with van der Waals surface area (Å²) in [5, 5.41) is 0.600. The third kappa shape index (κ3) is 3.37. The van der Waals surface area contributed by atoms with Gasteiger partial charge >= 0.3 is 0 Å². The van der Waals surface area contributed by atoms with Gasteiger partial charge in [-0.2, -0.15) is 0 Å². The molecule has 0 aliphatic carbocycles. The van der Waals surface area contributed by atoms with Gasteiger partial charge in [0.15, 0.2) is 0 Å². The van der Waals surface area contributed by atoms with E-state index in [0.717, 1.165) is 10.0 Å². The zero-order chi connectivity index (χ0) is 13.1. The second kappa shape index (κ2) is 5.91. The predicted octanol–water partition coefficient (Wildman–Crippen LogP) is 5.47. The molecule has 5 heteroatoms. The van der Waals surface area contributed by atoms with Crippen LogP contribution in [0.5, 0.6) is 5.75 Å². The third-order valence-corrected chi connectivity index (χ3v) is 3.37. The molecule has 2 aromatic rings. The Morgan fingerprint density at radius 1 is 1.06 bits per heavy atom. The molecular formula is C13H8BrCl2FO. The Kier molecular flexibility index (Phi) is 4.49. The summed E-state index contributed by atoms with van der Waals surface area (Å²) in [6.07, 6.45) is 0. The first kappa shape index (κ1) is 13.7. The molecule has 94 valence electrons. The van der Waals surface area contributed by atoms with Gasteiger partial charge in [0.25, 0.3) is 0 Å². The molecule has 0 atom stereocenters. The largest absolute Gasteiger partial charge is 0.487 e. The first-order valence-corrected chi connectivity index (χ1v) is 6.63. The lowest BCUT2D eigenvalue weighted by molar-refractivity contribution is 0.306. The minimum Gasteiger partial charge on any atom is -0.487 e.